The highest BCUT2D eigenvalue weighted by molar-refractivity contribution is 5.85. The fourth-order valence-electron chi connectivity index (χ4n) is 1.50. The van der Waals surface area contributed by atoms with Crippen molar-refractivity contribution in [2.45, 2.75) is 12.4 Å². The zero-order valence-electron chi connectivity index (χ0n) is 9.38. The van der Waals surface area contributed by atoms with Crippen LogP contribution >= 0.6 is 0 Å². The number of halogens is 6. The molecule has 2 N–H and O–H groups in total. The van der Waals surface area contributed by atoms with Crippen LogP contribution < -0.4 is 0 Å². The number of hydrogen-bond acceptors (Lipinski definition) is 2. The molecule has 110 valence electrons. The highest BCUT2D eigenvalue weighted by Crippen LogP contribution is 2.46. The molecule has 20 heavy (non-hydrogen) atoms. The van der Waals surface area contributed by atoms with E-state index >= 15 is 0 Å². The third kappa shape index (κ3) is 3.43. The zero-order valence-corrected chi connectivity index (χ0v) is 9.38. The van der Waals surface area contributed by atoms with Gasteiger partial charge in [-0.15, -0.1) is 0 Å². The van der Waals surface area contributed by atoms with E-state index in [1.165, 1.54) is 0 Å². The number of alkyl halides is 6. The third-order valence-electron chi connectivity index (χ3n) is 2.19. The predicted octanol–water partition coefficient (Wildman–Crippen LogP) is 3.53. The minimum atomic E-state index is -5.44. The van der Waals surface area contributed by atoms with E-state index < -0.39 is 40.8 Å². The third-order valence-corrected chi connectivity index (χ3v) is 2.19. The fourth-order valence-corrected chi connectivity index (χ4v) is 1.50. The maximum Gasteiger partial charge on any atom is 0.420 e. The van der Waals surface area contributed by atoms with Crippen molar-refractivity contribution in [3.8, 4) is 5.75 Å². The normalized spacial score (nSPS) is 12.9. The van der Waals surface area contributed by atoms with Gasteiger partial charge in [-0.1, -0.05) is 6.07 Å². The summed E-state index contributed by atoms with van der Waals surface area (Å²) in [5, 5.41) is 17.3. The molecule has 0 saturated carbocycles. The summed E-state index contributed by atoms with van der Waals surface area (Å²) in [5.74, 6) is -3.21. The van der Waals surface area contributed by atoms with Crippen molar-refractivity contribution in [2.24, 2.45) is 0 Å². The van der Waals surface area contributed by atoms with Crippen LogP contribution in [0.1, 0.15) is 16.7 Å². The Morgan fingerprint density at radius 2 is 1.50 bits per heavy atom. The first-order valence-electron chi connectivity index (χ1n) is 4.86. The predicted molar refractivity (Wildman–Crippen MR) is 54.8 cm³/mol. The molecule has 1 aromatic carbocycles. The number of hydrogen-bond donors (Lipinski definition) is 2. The second-order valence-electron chi connectivity index (χ2n) is 3.59. The number of benzene rings is 1. The first-order chi connectivity index (χ1) is 8.94. The smallest absolute Gasteiger partial charge is 0.420 e. The number of carboxylic acids is 1. The molecule has 0 fully saturated rings. The Balaban J connectivity index is 3.68. The highest BCUT2D eigenvalue weighted by Gasteiger charge is 2.46. The maximum atomic E-state index is 12.8. The van der Waals surface area contributed by atoms with Crippen molar-refractivity contribution < 1.29 is 41.4 Å². The van der Waals surface area contributed by atoms with Gasteiger partial charge in [0.15, 0.2) is 0 Å². The first kappa shape index (κ1) is 15.9. The quantitative estimate of drug-likeness (QED) is 0.649. The van der Waals surface area contributed by atoms with Gasteiger partial charge in [0, 0.05) is 6.08 Å². The maximum absolute atomic E-state index is 12.8. The summed E-state index contributed by atoms with van der Waals surface area (Å²) in [4.78, 5) is 10.2. The summed E-state index contributed by atoms with van der Waals surface area (Å²) in [5.41, 5.74) is -5.40. The van der Waals surface area contributed by atoms with Crippen molar-refractivity contribution in [3.05, 3.63) is 34.9 Å². The molecule has 0 unspecified atom stereocenters. The second-order valence-corrected chi connectivity index (χ2v) is 3.59. The second kappa shape index (κ2) is 5.06. The van der Waals surface area contributed by atoms with Crippen molar-refractivity contribution in [2.75, 3.05) is 0 Å². The van der Waals surface area contributed by atoms with E-state index in [0.717, 1.165) is 0 Å². The lowest BCUT2D eigenvalue weighted by atomic mass is 9.98. The van der Waals surface area contributed by atoms with Gasteiger partial charge in [0.25, 0.3) is 0 Å². The van der Waals surface area contributed by atoms with Gasteiger partial charge in [0.2, 0.25) is 0 Å². The Hall–Kier alpha value is -2.19. The largest absolute Gasteiger partial charge is 0.507 e. The lowest BCUT2D eigenvalue weighted by molar-refractivity contribution is -0.163. The molecule has 0 spiro atoms. The van der Waals surface area contributed by atoms with E-state index in [1.54, 1.807) is 0 Å². The van der Waals surface area contributed by atoms with Crippen LogP contribution in [0, 0.1) is 0 Å². The lowest BCUT2D eigenvalue weighted by Gasteiger charge is -2.18. The minimum Gasteiger partial charge on any atom is -0.507 e. The Bertz CT molecular complexity index is 557. The van der Waals surface area contributed by atoms with Crippen molar-refractivity contribution >= 4 is 12.0 Å². The van der Waals surface area contributed by atoms with Crippen LogP contribution in [0.25, 0.3) is 6.08 Å². The minimum absolute atomic E-state index is 0.266. The summed E-state index contributed by atoms with van der Waals surface area (Å²) in [6.45, 7) is 0. The number of rotatable bonds is 2. The molecule has 3 nitrogen and oxygen atoms in total. The zero-order chi connectivity index (χ0) is 15.7. The number of carboxylic acid groups (broad SMARTS) is 1. The molecular formula is C11H6F6O3. The molecule has 0 aliphatic carbocycles. The topological polar surface area (TPSA) is 57.5 Å². The standard InChI is InChI=1S/C11H6F6O3/c12-10(13,14)8-5(2-4-7(19)20)1-3-6(18)9(8)11(15,16)17/h1-4,18H,(H,19,20)/b4-2+. The lowest BCUT2D eigenvalue weighted by Crippen LogP contribution is -2.18. The average molecular weight is 300 g/mol. The van der Waals surface area contributed by atoms with E-state index in [1.807, 2.05) is 0 Å². The Labute approximate surface area is 107 Å². The molecule has 1 aromatic rings. The van der Waals surface area contributed by atoms with E-state index in [0.29, 0.717) is 18.2 Å². The molecule has 0 aliphatic heterocycles. The van der Waals surface area contributed by atoms with Crippen molar-refractivity contribution in [1.82, 2.24) is 0 Å². The number of aromatic hydroxyl groups is 1. The fraction of sp³-hybridized carbons (Fsp3) is 0.182. The molecule has 0 amide bonds. The first-order valence-corrected chi connectivity index (χ1v) is 4.86. The molecule has 0 radical (unpaired) electrons. The van der Waals surface area contributed by atoms with Gasteiger partial charge < -0.3 is 10.2 Å². The number of carbonyl (C=O) groups is 1. The van der Waals surface area contributed by atoms with Gasteiger partial charge >= 0.3 is 18.3 Å². The molecule has 0 aliphatic rings. The molecular weight excluding hydrogens is 294 g/mol. The summed E-state index contributed by atoms with van der Waals surface area (Å²) in [7, 11) is 0. The molecule has 0 saturated heterocycles. The van der Waals surface area contributed by atoms with E-state index in [4.69, 9.17) is 10.2 Å². The Morgan fingerprint density at radius 1 is 1.00 bits per heavy atom. The summed E-state index contributed by atoms with van der Waals surface area (Å²) in [6.07, 6.45) is -10.2. The molecule has 0 aromatic heterocycles. The molecule has 1 rings (SSSR count). The number of aliphatic carboxylic acids is 1. The van der Waals surface area contributed by atoms with Gasteiger partial charge in [0.1, 0.15) is 11.3 Å². The van der Waals surface area contributed by atoms with Gasteiger partial charge in [-0.05, 0) is 17.7 Å². The van der Waals surface area contributed by atoms with E-state index in [2.05, 4.69) is 0 Å². The van der Waals surface area contributed by atoms with Crippen LogP contribution in [-0.2, 0) is 17.1 Å². The van der Waals surface area contributed by atoms with Gasteiger partial charge in [0.05, 0.1) is 5.56 Å². The number of phenolic OH excluding ortho intramolecular Hbond substituents is 1. The van der Waals surface area contributed by atoms with Crippen LogP contribution in [0.5, 0.6) is 5.75 Å². The SMILES string of the molecule is O=C(O)/C=C/c1ccc(O)c(C(F)(F)F)c1C(F)(F)F. The van der Waals surface area contributed by atoms with Crippen molar-refractivity contribution in [3.63, 3.8) is 0 Å². The van der Waals surface area contributed by atoms with E-state index in [9.17, 15) is 31.1 Å². The van der Waals surface area contributed by atoms with Crippen LogP contribution in [-0.4, -0.2) is 16.2 Å². The summed E-state index contributed by atoms with van der Waals surface area (Å²) in [6, 6.07) is 0.965. The van der Waals surface area contributed by atoms with Crippen LogP contribution in [0.4, 0.5) is 26.3 Å². The Kier molecular flexibility index (Phi) is 4.02. The van der Waals surface area contributed by atoms with Crippen LogP contribution in [0.3, 0.4) is 0 Å². The van der Waals surface area contributed by atoms with Gasteiger partial charge in [-0.2, -0.15) is 26.3 Å². The molecule has 0 heterocycles. The van der Waals surface area contributed by atoms with Gasteiger partial charge in [-0.25, -0.2) is 4.79 Å². The molecule has 0 atom stereocenters. The summed E-state index contributed by atoms with van der Waals surface area (Å²) < 4.78 is 76.1. The van der Waals surface area contributed by atoms with E-state index in [-0.39, 0.29) is 6.08 Å². The monoisotopic (exact) mass is 300 g/mol. The Morgan fingerprint density at radius 3 is 1.90 bits per heavy atom. The summed E-state index contributed by atoms with van der Waals surface area (Å²) >= 11 is 0. The van der Waals surface area contributed by atoms with Crippen LogP contribution in [0.15, 0.2) is 18.2 Å². The van der Waals surface area contributed by atoms with Crippen molar-refractivity contribution in [1.29, 1.82) is 0 Å². The molecule has 0 bridgehead atoms. The molecule has 9 heteroatoms. The number of phenols is 1. The van der Waals surface area contributed by atoms with Gasteiger partial charge in [-0.3, -0.25) is 0 Å². The average Bonchev–Trinajstić information content (AvgIpc) is 2.23. The highest BCUT2D eigenvalue weighted by atomic mass is 19.4. The van der Waals surface area contributed by atoms with Crippen LogP contribution in [0.2, 0.25) is 0 Å².